The van der Waals surface area contributed by atoms with Crippen LogP contribution in [0.3, 0.4) is 0 Å². The Labute approximate surface area is 170 Å². The second-order valence-electron chi connectivity index (χ2n) is 7.57. The van der Waals surface area contributed by atoms with Crippen molar-refractivity contribution in [2.24, 2.45) is 0 Å². The first kappa shape index (κ1) is 19.2. The summed E-state index contributed by atoms with van der Waals surface area (Å²) < 4.78 is 11.0. The first-order chi connectivity index (χ1) is 14.0. The molecular weight excluding hydrogens is 366 g/mol. The summed E-state index contributed by atoms with van der Waals surface area (Å²) in [5.41, 5.74) is 3.02. The van der Waals surface area contributed by atoms with Gasteiger partial charge in [-0.15, -0.1) is 0 Å². The van der Waals surface area contributed by atoms with Crippen molar-refractivity contribution in [2.45, 2.75) is 39.0 Å². The smallest absolute Gasteiger partial charge is 0.232 e. The molecule has 150 valence electrons. The van der Waals surface area contributed by atoms with Gasteiger partial charge in [-0.1, -0.05) is 31.1 Å². The van der Waals surface area contributed by atoms with Crippen LogP contribution in [0.15, 0.2) is 53.1 Å². The van der Waals surface area contributed by atoms with E-state index in [0.717, 1.165) is 17.0 Å². The van der Waals surface area contributed by atoms with Crippen LogP contribution < -0.4 is 9.64 Å². The van der Waals surface area contributed by atoms with Crippen molar-refractivity contribution >= 4 is 11.6 Å². The third-order valence-corrected chi connectivity index (χ3v) is 5.21. The largest absolute Gasteiger partial charge is 0.494 e. The third-order valence-electron chi connectivity index (χ3n) is 5.21. The maximum atomic E-state index is 12.6. The Bertz CT molecular complexity index is 977. The molecule has 0 saturated carbocycles. The predicted molar refractivity (Wildman–Crippen MR) is 111 cm³/mol. The zero-order chi connectivity index (χ0) is 20.4. The van der Waals surface area contributed by atoms with Crippen molar-refractivity contribution in [3.8, 4) is 17.1 Å². The number of nitrogens with zero attached hydrogens (tertiary/aromatic N) is 3. The summed E-state index contributed by atoms with van der Waals surface area (Å²) in [5, 5.41) is 4.10. The van der Waals surface area contributed by atoms with Crippen LogP contribution in [0, 0.1) is 0 Å². The number of carbonyl (C=O) groups excluding carboxylic acids is 1. The summed E-state index contributed by atoms with van der Waals surface area (Å²) in [6.07, 6.45) is 0.372. The fraction of sp³-hybridized carbons (Fsp3) is 0.348. The molecule has 4 rings (SSSR count). The molecule has 1 aliphatic rings. The Morgan fingerprint density at radius 2 is 1.86 bits per heavy atom. The van der Waals surface area contributed by atoms with Gasteiger partial charge in [0.1, 0.15) is 5.75 Å². The van der Waals surface area contributed by atoms with Gasteiger partial charge in [-0.25, -0.2) is 0 Å². The number of rotatable bonds is 6. The minimum absolute atomic E-state index is 0.0770. The van der Waals surface area contributed by atoms with Crippen LogP contribution in [-0.2, 0) is 4.79 Å². The zero-order valence-electron chi connectivity index (χ0n) is 17.0. The van der Waals surface area contributed by atoms with E-state index in [1.807, 2.05) is 43.3 Å². The summed E-state index contributed by atoms with van der Waals surface area (Å²) in [7, 11) is 0. The van der Waals surface area contributed by atoms with Crippen LogP contribution in [0.2, 0.25) is 0 Å². The van der Waals surface area contributed by atoms with Crippen molar-refractivity contribution in [3.63, 3.8) is 0 Å². The van der Waals surface area contributed by atoms with E-state index >= 15 is 0 Å². The highest BCUT2D eigenvalue weighted by molar-refractivity contribution is 5.96. The monoisotopic (exact) mass is 391 g/mol. The lowest BCUT2D eigenvalue weighted by Gasteiger charge is -2.17. The average molecular weight is 391 g/mol. The summed E-state index contributed by atoms with van der Waals surface area (Å²) in [4.78, 5) is 18.9. The maximum absolute atomic E-state index is 12.6. The standard InChI is InChI=1S/C23H25N3O3/c1-4-28-20-11-7-17(8-12-20)22-24-23(29-25-22)18-13-21(27)26(14-18)19-9-5-16(6-10-19)15(2)3/h5-12,15,18H,4,13-14H2,1-3H3. The first-order valence-electron chi connectivity index (χ1n) is 10.0. The molecule has 6 nitrogen and oxygen atoms in total. The maximum Gasteiger partial charge on any atom is 0.232 e. The van der Waals surface area contributed by atoms with Crippen molar-refractivity contribution in [1.29, 1.82) is 0 Å². The minimum atomic E-state index is -0.101. The topological polar surface area (TPSA) is 68.5 Å². The Morgan fingerprint density at radius 3 is 2.52 bits per heavy atom. The minimum Gasteiger partial charge on any atom is -0.494 e. The molecule has 29 heavy (non-hydrogen) atoms. The first-order valence-corrected chi connectivity index (χ1v) is 10.0. The number of anilines is 1. The fourth-order valence-corrected chi connectivity index (χ4v) is 3.55. The quantitative estimate of drug-likeness (QED) is 0.605. The highest BCUT2D eigenvalue weighted by Gasteiger charge is 2.35. The van der Waals surface area contributed by atoms with Crippen LogP contribution in [0.25, 0.3) is 11.4 Å². The molecule has 1 unspecified atom stereocenters. The van der Waals surface area contributed by atoms with Gasteiger partial charge >= 0.3 is 0 Å². The van der Waals surface area contributed by atoms with Crippen LogP contribution in [-0.4, -0.2) is 29.2 Å². The third kappa shape index (κ3) is 4.01. The lowest BCUT2D eigenvalue weighted by molar-refractivity contribution is -0.117. The summed E-state index contributed by atoms with van der Waals surface area (Å²) >= 11 is 0. The SMILES string of the molecule is CCOc1ccc(-c2noc(C3CC(=O)N(c4ccc(C(C)C)cc4)C3)n2)cc1. The van der Waals surface area contributed by atoms with E-state index in [2.05, 4.69) is 36.1 Å². The van der Waals surface area contributed by atoms with Crippen LogP contribution in [0.5, 0.6) is 5.75 Å². The van der Waals surface area contributed by atoms with Gasteiger partial charge in [-0.2, -0.15) is 4.98 Å². The zero-order valence-corrected chi connectivity index (χ0v) is 17.0. The van der Waals surface area contributed by atoms with E-state index in [9.17, 15) is 4.79 Å². The van der Waals surface area contributed by atoms with Gasteiger partial charge in [0, 0.05) is 24.2 Å². The van der Waals surface area contributed by atoms with E-state index in [-0.39, 0.29) is 11.8 Å². The molecule has 1 fully saturated rings. The molecule has 2 heterocycles. The van der Waals surface area contributed by atoms with E-state index in [1.165, 1.54) is 5.56 Å². The molecule has 0 aliphatic carbocycles. The van der Waals surface area contributed by atoms with Crippen LogP contribution in [0.4, 0.5) is 5.69 Å². The molecule has 0 bridgehead atoms. The lowest BCUT2D eigenvalue weighted by atomic mass is 10.0. The van der Waals surface area contributed by atoms with Crippen molar-refractivity contribution < 1.29 is 14.1 Å². The van der Waals surface area contributed by atoms with Gasteiger partial charge in [0.15, 0.2) is 0 Å². The number of carbonyl (C=O) groups is 1. The molecule has 0 spiro atoms. The average Bonchev–Trinajstić information content (AvgIpc) is 3.36. The van der Waals surface area contributed by atoms with Gasteiger partial charge in [0.25, 0.3) is 0 Å². The molecular formula is C23H25N3O3. The Kier molecular flexibility index (Phi) is 5.34. The number of amides is 1. The molecule has 0 N–H and O–H groups in total. The van der Waals surface area contributed by atoms with E-state index in [1.54, 1.807) is 4.90 Å². The second-order valence-corrected chi connectivity index (χ2v) is 7.57. The van der Waals surface area contributed by atoms with Crippen LogP contribution in [0.1, 0.15) is 50.5 Å². The van der Waals surface area contributed by atoms with Crippen molar-refractivity contribution in [2.75, 3.05) is 18.1 Å². The van der Waals surface area contributed by atoms with Gasteiger partial charge in [-0.3, -0.25) is 4.79 Å². The molecule has 1 saturated heterocycles. The van der Waals surface area contributed by atoms with Gasteiger partial charge < -0.3 is 14.2 Å². The van der Waals surface area contributed by atoms with Crippen molar-refractivity contribution in [1.82, 2.24) is 10.1 Å². The van der Waals surface area contributed by atoms with E-state index < -0.39 is 0 Å². The van der Waals surface area contributed by atoms with Gasteiger partial charge in [0.05, 0.1) is 12.5 Å². The molecule has 0 radical (unpaired) electrons. The molecule has 1 amide bonds. The number of ether oxygens (including phenoxy) is 1. The Morgan fingerprint density at radius 1 is 1.14 bits per heavy atom. The highest BCUT2D eigenvalue weighted by atomic mass is 16.5. The number of benzene rings is 2. The molecule has 2 aromatic carbocycles. The van der Waals surface area contributed by atoms with E-state index in [4.69, 9.17) is 9.26 Å². The second kappa shape index (κ2) is 8.07. The fourth-order valence-electron chi connectivity index (χ4n) is 3.55. The van der Waals surface area contributed by atoms with Crippen LogP contribution >= 0.6 is 0 Å². The molecule has 6 heteroatoms. The lowest BCUT2D eigenvalue weighted by Crippen LogP contribution is -2.24. The van der Waals surface area contributed by atoms with Gasteiger partial charge in [0.2, 0.25) is 17.6 Å². The Balaban J connectivity index is 1.48. The Hall–Kier alpha value is -3.15. The molecule has 1 aromatic heterocycles. The summed E-state index contributed by atoms with van der Waals surface area (Å²) in [6, 6.07) is 15.8. The normalized spacial score (nSPS) is 16.6. The van der Waals surface area contributed by atoms with Crippen molar-refractivity contribution in [3.05, 3.63) is 60.0 Å². The molecule has 3 aromatic rings. The number of hydrogen-bond donors (Lipinski definition) is 0. The number of hydrogen-bond acceptors (Lipinski definition) is 5. The number of aromatic nitrogens is 2. The molecule has 1 atom stereocenters. The summed E-state index contributed by atoms with van der Waals surface area (Å²) in [6.45, 7) is 7.43. The summed E-state index contributed by atoms with van der Waals surface area (Å²) in [5.74, 6) is 2.27. The van der Waals surface area contributed by atoms with Gasteiger partial charge in [-0.05, 0) is 54.8 Å². The highest BCUT2D eigenvalue weighted by Crippen LogP contribution is 2.32. The molecule has 1 aliphatic heterocycles. The van der Waals surface area contributed by atoms with E-state index in [0.29, 0.717) is 37.2 Å². The predicted octanol–water partition coefficient (Wildman–Crippen LogP) is 4.78.